The number of nitrogens with one attached hydrogen (secondary N) is 1. The van der Waals surface area contributed by atoms with Crippen LogP contribution in [0.3, 0.4) is 0 Å². The molecule has 0 saturated heterocycles. The van der Waals surface area contributed by atoms with E-state index in [0.717, 1.165) is 23.5 Å². The summed E-state index contributed by atoms with van der Waals surface area (Å²) in [5, 5.41) is 3.41. The van der Waals surface area contributed by atoms with Gasteiger partial charge in [0.25, 0.3) is 0 Å². The van der Waals surface area contributed by atoms with Crippen LogP contribution < -0.4 is 15.8 Å². The van der Waals surface area contributed by atoms with Gasteiger partial charge < -0.3 is 15.8 Å². The lowest BCUT2D eigenvalue weighted by atomic mass is 10.0. The molecule has 88 valence electrons. The van der Waals surface area contributed by atoms with Gasteiger partial charge in [0.1, 0.15) is 6.61 Å². The summed E-state index contributed by atoms with van der Waals surface area (Å²) >= 11 is 0. The second-order valence-corrected chi connectivity index (χ2v) is 5.02. The zero-order valence-electron chi connectivity index (χ0n) is 10.2. The van der Waals surface area contributed by atoms with Gasteiger partial charge in [0.05, 0.1) is 17.4 Å². The maximum Gasteiger partial charge on any atom is 0.165 e. The number of nitrogens with two attached hydrogens (primary N) is 1. The van der Waals surface area contributed by atoms with Crippen molar-refractivity contribution in [3.8, 4) is 5.75 Å². The number of rotatable bonds is 2. The van der Waals surface area contributed by atoms with Gasteiger partial charge >= 0.3 is 0 Å². The van der Waals surface area contributed by atoms with Crippen LogP contribution in [-0.4, -0.2) is 12.6 Å². The standard InChI is InChI=1S/C13H20N2O/c1-8(2)4-10-5-11(14)13-12(6-10)15-9(3)7-16-13/h5-6,8-9,15H,4,7,14H2,1-3H3. The number of fused-ring (bicyclic) bond motifs is 1. The minimum Gasteiger partial charge on any atom is -0.487 e. The molecule has 1 aromatic rings. The molecule has 1 aliphatic heterocycles. The van der Waals surface area contributed by atoms with Gasteiger partial charge in [-0.05, 0) is 37.0 Å². The Morgan fingerprint density at radius 3 is 2.94 bits per heavy atom. The van der Waals surface area contributed by atoms with Crippen molar-refractivity contribution < 1.29 is 4.74 Å². The van der Waals surface area contributed by atoms with Crippen molar-refractivity contribution in [2.75, 3.05) is 17.7 Å². The Kier molecular flexibility index (Phi) is 2.95. The molecule has 0 aromatic heterocycles. The third kappa shape index (κ3) is 2.23. The molecule has 1 aromatic carbocycles. The summed E-state index contributed by atoms with van der Waals surface area (Å²) in [5.74, 6) is 1.45. The van der Waals surface area contributed by atoms with Crippen LogP contribution in [0.25, 0.3) is 0 Å². The molecule has 1 aliphatic rings. The second kappa shape index (κ2) is 4.24. The first kappa shape index (κ1) is 11.1. The van der Waals surface area contributed by atoms with Gasteiger partial charge in [-0.2, -0.15) is 0 Å². The zero-order valence-corrected chi connectivity index (χ0v) is 10.2. The highest BCUT2D eigenvalue weighted by molar-refractivity contribution is 5.72. The predicted octanol–water partition coefficient (Wildman–Crippen LogP) is 2.66. The topological polar surface area (TPSA) is 47.3 Å². The zero-order chi connectivity index (χ0) is 11.7. The van der Waals surface area contributed by atoms with E-state index < -0.39 is 0 Å². The smallest absolute Gasteiger partial charge is 0.165 e. The van der Waals surface area contributed by atoms with Crippen molar-refractivity contribution in [1.29, 1.82) is 0 Å². The van der Waals surface area contributed by atoms with Crippen LogP contribution >= 0.6 is 0 Å². The molecule has 1 unspecified atom stereocenters. The van der Waals surface area contributed by atoms with Gasteiger partial charge in [-0.15, -0.1) is 0 Å². The first-order valence-electron chi connectivity index (χ1n) is 5.88. The van der Waals surface area contributed by atoms with E-state index in [2.05, 4.69) is 32.2 Å². The molecule has 3 nitrogen and oxygen atoms in total. The normalized spacial score (nSPS) is 18.9. The third-order valence-corrected chi connectivity index (χ3v) is 2.70. The van der Waals surface area contributed by atoms with Gasteiger partial charge in [0, 0.05) is 0 Å². The average Bonchev–Trinajstić information content (AvgIpc) is 2.15. The van der Waals surface area contributed by atoms with Gasteiger partial charge in [-0.1, -0.05) is 13.8 Å². The Balaban J connectivity index is 2.32. The Hall–Kier alpha value is -1.38. The summed E-state index contributed by atoms with van der Waals surface area (Å²) in [7, 11) is 0. The monoisotopic (exact) mass is 220 g/mol. The van der Waals surface area contributed by atoms with E-state index in [1.807, 2.05) is 6.07 Å². The Bertz CT molecular complexity index is 388. The predicted molar refractivity (Wildman–Crippen MR) is 68.0 cm³/mol. The molecule has 3 heteroatoms. The Labute approximate surface area is 97.0 Å². The summed E-state index contributed by atoms with van der Waals surface area (Å²) in [6.07, 6.45) is 1.05. The van der Waals surface area contributed by atoms with Crippen molar-refractivity contribution in [3.63, 3.8) is 0 Å². The highest BCUT2D eigenvalue weighted by atomic mass is 16.5. The Morgan fingerprint density at radius 1 is 1.50 bits per heavy atom. The number of hydrogen-bond acceptors (Lipinski definition) is 3. The van der Waals surface area contributed by atoms with Crippen molar-refractivity contribution in [2.24, 2.45) is 5.92 Å². The van der Waals surface area contributed by atoms with Crippen LogP contribution in [0.4, 0.5) is 11.4 Å². The van der Waals surface area contributed by atoms with Crippen molar-refractivity contribution in [2.45, 2.75) is 33.2 Å². The maximum absolute atomic E-state index is 6.00. The molecule has 1 atom stereocenters. The van der Waals surface area contributed by atoms with E-state index >= 15 is 0 Å². The van der Waals surface area contributed by atoms with Crippen LogP contribution in [0.1, 0.15) is 26.3 Å². The molecule has 0 saturated carbocycles. The van der Waals surface area contributed by atoms with Gasteiger partial charge in [0.15, 0.2) is 5.75 Å². The van der Waals surface area contributed by atoms with Crippen LogP contribution in [0.5, 0.6) is 5.75 Å². The van der Waals surface area contributed by atoms with Gasteiger partial charge in [-0.25, -0.2) is 0 Å². The molecule has 2 rings (SSSR count). The van der Waals surface area contributed by atoms with Gasteiger partial charge in [0.2, 0.25) is 0 Å². The summed E-state index contributed by atoms with van der Waals surface area (Å²) in [5.41, 5.74) is 9.05. The fourth-order valence-corrected chi connectivity index (χ4v) is 2.09. The summed E-state index contributed by atoms with van der Waals surface area (Å²) < 4.78 is 5.64. The van der Waals surface area contributed by atoms with Crippen molar-refractivity contribution in [3.05, 3.63) is 17.7 Å². The summed E-state index contributed by atoms with van der Waals surface area (Å²) in [4.78, 5) is 0. The van der Waals surface area contributed by atoms with Crippen LogP contribution in [0.15, 0.2) is 12.1 Å². The molecule has 0 amide bonds. The lowest BCUT2D eigenvalue weighted by Gasteiger charge is -2.26. The highest BCUT2D eigenvalue weighted by Gasteiger charge is 2.18. The van der Waals surface area contributed by atoms with Crippen molar-refractivity contribution >= 4 is 11.4 Å². The fourth-order valence-electron chi connectivity index (χ4n) is 2.09. The number of nitrogen functional groups attached to an aromatic ring is 1. The lowest BCUT2D eigenvalue weighted by Crippen LogP contribution is -2.28. The molecule has 0 aliphatic carbocycles. The highest BCUT2D eigenvalue weighted by Crippen LogP contribution is 2.36. The quantitative estimate of drug-likeness (QED) is 0.753. The largest absolute Gasteiger partial charge is 0.487 e. The molecule has 0 bridgehead atoms. The van der Waals surface area contributed by atoms with E-state index in [1.165, 1.54) is 5.56 Å². The number of ether oxygens (including phenoxy) is 1. The minimum atomic E-state index is 0.348. The van der Waals surface area contributed by atoms with E-state index in [9.17, 15) is 0 Å². The fraction of sp³-hybridized carbons (Fsp3) is 0.538. The first-order valence-corrected chi connectivity index (χ1v) is 5.88. The SMILES string of the molecule is CC(C)Cc1cc(N)c2c(c1)NC(C)CO2. The molecular formula is C13H20N2O. The maximum atomic E-state index is 6.00. The molecule has 0 spiro atoms. The molecule has 0 fully saturated rings. The first-order chi connectivity index (χ1) is 7.56. The summed E-state index contributed by atoms with van der Waals surface area (Å²) in [6, 6.07) is 4.53. The summed E-state index contributed by atoms with van der Waals surface area (Å²) in [6.45, 7) is 7.21. The minimum absolute atomic E-state index is 0.348. The number of hydrogen-bond donors (Lipinski definition) is 2. The second-order valence-electron chi connectivity index (χ2n) is 5.02. The van der Waals surface area contributed by atoms with E-state index in [1.54, 1.807) is 0 Å². The van der Waals surface area contributed by atoms with E-state index in [-0.39, 0.29) is 0 Å². The van der Waals surface area contributed by atoms with Crippen LogP contribution in [-0.2, 0) is 6.42 Å². The Morgan fingerprint density at radius 2 is 2.25 bits per heavy atom. The lowest BCUT2D eigenvalue weighted by molar-refractivity contribution is 0.293. The van der Waals surface area contributed by atoms with Crippen molar-refractivity contribution in [1.82, 2.24) is 0 Å². The third-order valence-electron chi connectivity index (χ3n) is 2.70. The number of anilines is 2. The molecule has 1 heterocycles. The average molecular weight is 220 g/mol. The van der Waals surface area contributed by atoms with Crippen LogP contribution in [0.2, 0.25) is 0 Å². The molecule has 16 heavy (non-hydrogen) atoms. The molecule has 0 radical (unpaired) electrons. The van der Waals surface area contributed by atoms with E-state index in [0.29, 0.717) is 18.6 Å². The van der Waals surface area contributed by atoms with Crippen LogP contribution in [0, 0.1) is 5.92 Å². The van der Waals surface area contributed by atoms with Gasteiger partial charge in [-0.3, -0.25) is 0 Å². The number of benzene rings is 1. The molecular weight excluding hydrogens is 200 g/mol. The molecule has 3 N–H and O–H groups in total. The van der Waals surface area contributed by atoms with E-state index in [4.69, 9.17) is 10.5 Å².